The summed E-state index contributed by atoms with van der Waals surface area (Å²) >= 11 is 0. The first kappa shape index (κ1) is 13.1. The van der Waals surface area contributed by atoms with Crippen LogP contribution in [0, 0.1) is 10.8 Å². The van der Waals surface area contributed by atoms with Crippen LogP contribution in [0.3, 0.4) is 0 Å². The fourth-order valence-electron chi connectivity index (χ4n) is 1.52. The molecule has 1 aromatic carbocycles. The topological polar surface area (TPSA) is 9.23 Å². The van der Waals surface area contributed by atoms with Crippen molar-refractivity contribution in [3.63, 3.8) is 0 Å². The SMILES string of the molecule is COc1ccc(CC(C)(C)C(C)(C)C)cc1. The second kappa shape index (κ2) is 4.48. The maximum Gasteiger partial charge on any atom is 0.118 e. The molecule has 0 radical (unpaired) electrons. The van der Waals surface area contributed by atoms with Crippen molar-refractivity contribution >= 4 is 0 Å². The molecule has 0 heterocycles. The van der Waals surface area contributed by atoms with E-state index in [0.29, 0.717) is 10.8 Å². The Morgan fingerprint density at radius 1 is 0.938 bits per heavy atom. The largest absolute Gasteiger partial charge is 0.497 e. The highest BCUT2D eigenvalue weighted by Crippen LogP contribution is 2.40. The highest BCUT2D eigenvalue weighted by atomic mass is 16.5. The Morgan fingerprint density at radius 3 is 1.81 bits per heavy atom. The van der Waals surface area contributed by atoms with Gasteiger partial charge in [-0.05, 0) is 34.9 Å². The maximum atomic E-state index is 5.17. The Balaban J connectivity index is 2.80. The summed E-state index contributed by atoms with van der Waals surface area (Å²) in [7, 11) is 1.70. The fraction of sp³-hybridized carbons (Fsp3) is 0.600. The van der Waals surface area contributed by atoms with Gasteiger partial charge < -0.3 is 4.74 Å². The van der Waals surface area contributed by atoms with Gasteiger partial charge in [-0.25, -0.2) is 0 Å². The molecule has 0 aliphatic carbocycles. The zero-order valence-electron chi connectivity index (χ0n) is 11.4. The molecule has 0 fully saturated rings. The highest BCUT2D eigenvalue weighted by molar-refractivity contribution is 5.27. The summed E-state index contributed by atoms with van der Waals surface area (Å²) in [6, 6.07) is 8.39. The number of hydrogen-bond acceptors (Lipinski definition) is 1. The van der Waals surface area contributed by atoms with Crippen molar-refractivity contribution in [3.8, 4) is 5.75 Å². The van der Waals surface area contributed by atoms with Crippen LogP contribution in [0.25, 0.3) is 0 Å². The average Bonchev–Trinajstić information content (AvgIpc) is 2.16. The Kier molecular flexibility index (Phi) is 3.67. The summed E-state index contributed by atoms with van der Waals surface area (Å²) in [5, 5.41) is 0. The monoisotopic (exact) mass is 220 g/mol. The molecular formula is C15H24O. The van der Waals surface area contributed by atoms with Crippen molar-refractivity contribution < 1.29 is 4.74 Å². The van der Waals surface area contributed by atoms with Gasteiger partial charge in [0, 0.05) is 0 Å². The van der Waals surface area contributed by atoms with Crippen molar-refractivity contribution in [1.82, 2.24) is 0 Å². The van der Waals surface area contributed by atoms with Crippen LogP contribution >= 0.6 is 0 Å². The first-order valence-corrected chi connectivity index (χ1v) is 5.89. The minimum atomic E-state index is 0.293. The molecular weight excluding hydrogens is 196 g/mol. The zero-order chi connectivity index (χ0) is 12.4. The Hall–Kier alpha value is -0.980. The first-order chi connectivity index (χ1) is 7.26. The molecule has 0 atom stereocenters. The summed E-state index contributed by atoms with van der Waals surface area (Å²) in [6.45, 7) is 11.6. The van der Waals surface area contributed by atoms with E-state index in [1.54, 1.807) is 7.11 Å². The van der Waals surface area contributed by atoms with Gasteiger partial charge in [-0.2, -0.15) is 0 Å². The molecule has 0 unspecified atom stereocenters. The number of hydrogen-bond donors (Lipinski definition) is 0. The summed E-state index contributed by atoms with van der Waals surface area (Å²) < 4.78 is 5.17. The normalized spacial score (nSPS) is 12.6. The van der Waals surface area contributed by atoms with Crippen LogP contribution in [0.5, 0.6) is 5.75 Å². The van der Waals surface area contributed by atoms with Gasteiger partial charge in [-0.1, -0.05) is 46.8 Å². The third-order valence-corrected chi connectivity index (χ3v) is 3.84. The summed E-state index contributed by atoms with van der Waals surface area (Å²) in [5.41, 5.74) is 1.98. The summed E-state index contributed by atoms with van der Waals surface area (Å²) in [4.78, 5) is 0. The first-order valence-electron chi connectivity index (χ1n) is 5.89. The maximum absolute atomic E-state index is 5.17. The predicted molar refractivity (Wildman–Crippen MR) is 69.9 cm³/mol. The van der Waals surface area contributed by atoms with Crippen LogP contribution < -0.4 is 4.74 Å². The smallest absolute Gasteiger partial charge is 0.118 e. The summed E-state index contributed by atoms with van der Waals surface area (Å²) in [6.07, 6.45) is 1.10. The van der Waals surface area contributed by atoms with Gasteiger partial charge in [0.1, 0.15) is 5.75 Å². The van der Waals surface area contributed by atoms with E-state index in [-0.39, 0.29) is 0 Å². The molecule has 16 heavy (non-hydrogen) atoms. The van der Waals surface area contributed by atoms with Crippen LogP contribution in [0.15, 0.2) is 24.3 Å². The van der Waals surface area contributed by atoms with Crippen molar-refractivity contribution in [1.29, 1.82) is 0 Å². The molecule has 1 aromatic rings. The minimum Gasteiger partial charge on any atom is -0.497 e. The molecule has 0 spiro atoms. The van der Waals surface area contributed by atoms with E-state index in [0.717, 1.165) is 12.2 Å². The van der Waals surface area contributed by atoms with E-state index >= 15 is 0 Å². The van der Waals surface area contributed by atoms with Gasteiger partial charge in [-0.3, -0.25) is 0 Å². The van der Waals surface area contributed by atoms with Gasteiger partial charge in [0.2, 0.25) is 0 Å². The van der Waals surface area contributed by atoms with Crippen LogP contribution in [0.1, 0.15) is 40.2 Å². The predicted octanol–water partition coefficient (Wildman–Crippen LogP) is 4.31. The lowest BCUT2D eigenvalue weighted by Gasteiger charge is -2.39. The lowest BCUT2D eigenvalue weighted by Crippen LogP contribution is -2.31. The number of ether oxygens (including phenoxy) is 1. The third-order valence-electron chi connectivity index (χ3n) is 3.84. The molecule has 0 aliphatic heterocycles. The molecule has 0 N–H and O–H groups in total. The Labute approximate surface area is 99.8 Å². The van der Waals surface area contributed by atoms with E-state index in [4.69, 9.17) is 4.74 Å². The highest BCUT2D eigenvalue weighted by Gasteiger charge is 2.32. The minimum absolute atomic E-state index is 0.293. The Bertz CT molecular complexity index is 327. The molecule has 0 saturated heterocycles. The van der Waals surface area contributed by atoms with Crippen molar-refractivity contribution in [2.75, 3.05) is 7.11 Å². The second-order valence-electron chi connectivity index (χ2n) is 6.16. The molecule has 0 aliphatic rings. The van der Waals surface area contributed by atoms with E-state index in [2.05, 4.69) is 46.8 Å². The van der Waals surface area contributed by atoms with E-state index in [1.165, 1.54) is 5.56 Å². The van der Waals surface area contributed by atoms with E-state index in [1.807, 2.05) is 12.1 Å². The quantitative estimate of drug-likeness (QED) is 0.737. The Morgan fingerprint density at radius 2 is 1.44 bits per heavy atom. The average molecular weight is 220 g/mol. The van der Waals surface area contributed by atoms with E-state index < -0.39 is 0 Å². The molecule has 1 rings (SSSR count). The van der Waals surface area contributed by atoms with Gasteiger partial charge >= 0.3 is 0 Å². The van der Waals surface area contributed by atoms with Gasteiger partial charge in [0.15, 0.2) is 0 Å². The zero-order valence-corrected chi connectivity index (χ0v) is 11.4. The van der Waals surface area contributed by atoms with Crippen molar-refractivity contribution in [3.05, 3.63) is 29.8 Å². The lowest BCUT2D eigenvalue weighted by atomic mass is 9.66. The molecule has 90 valence electrons. The van der Waals surface area contributed by atoms with Crippen molar-refractivity contribution in [2.24, 2.45) is 10.8 Å². The number of rotatable bonds is 3. The van der Waals surface area contributed by atoms with Gasteiger partial charge in [0.25, 0.3) is 0 Å². The summed E-state index contributed by atoms with van der Waals surface area (Å²) in [5.74, 6) is 0.928. The standard InChI is InChI=1S/C15H24O/c1-14(2,3)15(4,5)11-12-7-9-13(16-6)10-8-12/h7-10H,11H2,1-6H3. The van der Waals surface area contributed by atoms with Crippen LogP contribution in [0.4, 0.5) is 0 Å². The molecule has 0 bridgehead atoms. The van der Waals surface area contributed by atoms with Gasteiger partial charge in [-0.15, -0.1) is 0 Å². The number of benzene rings is 1. The van der Waals surface area contributed by atoms with Crippen LogP contribution in [0.2, 0.25) is 0 Å². The second-order valence-corrected chi connectivity index (χ2v) is 6.16. The van der Waals surface area contributed by atoms with Crippen LogP contribution in [-0.2, 0) is 6.42 Å². The molecule has 0 saturated carbocycles. The van der Waals surface area contributed by atoms with Gasteiger partial charge in [0.05, 0.1) is 7.11 Å². The molecule has 1 heteroatoms. The molecule has 0 amide bonds. The third kappa shape index (κ3) is 3.01. The molecule has 1 nitrogen and oxygen atoms in total. The van der Waals surface area contributed by atoms with Crippen LogP contribution in [-0.4, -0.2) is 7.11 Å². The number of methoxy groups -OCH3 is 1. The van der Waals surface area contributed by atoms with E-state index in [9.17, 15) is 0 Å². The van der Waals surface area contributed by atoms with Crippen molar-refractivity contribution in [2.45, 2.75) is 41.0 Å². The lowest BCUT2D eigenvalue weighted by molar-refractivity contribution is 0.132. The fourth-order valence-corrected chi connectivity index (χ4v) is 1.52. The molecule has 0 aromatic heterocycles.